The van der Waals surface area contributed by atoms with Gasteiger partial charge >= 0.3 is 11.9 Å². The van der Waals surface area contributed by atoms with E-state index < -0.39 is 5.97 Å². The zero-order valence-electron chi connectivity index (χ0n) is 7.32. The van der Waals surface area contributed by atoms with Crippen LogP contribution in [-0.2, 0) is 22.6 Å². The van der Waals surface area contributed by atoms with Gasteiger partial charge in [-0.3, -0.25) is 4.79 Å². The van der Waals surface area contributed by atoms with E-state index in [4.69, 9.17) is 9.84 Å². The van der Waals surface area contributed by atoms with E-state index >= 15 is 0 Å². The van der Waals surface area contributed by atoms with Crippen LogP contribution < -0.4 is 0 Å². The van der Waals surface area contributed by atoms with Gasteiger partial charge in [-0.15, -0.1) is 0 Å². The van der Waals surface area contributed by atoms with Crippen LogP contribution in [0, 0.1) is 0 Å². The first-order chi connectivity index (χ1) is 6.68. The number of rotatable bonds is 1. The molecule has 0 saturated heterocycles. The zero-order chi connectivity index (χ0) is 10.1. The van der Waals surface area contributed by atoms with Crippen molar-refractivity contribution in [1.82, 2.24) is 0 Å². The van der Waals surface area contributed by atoms with Crippen molar-refractivity contribution in [3.8, 4) is 0 Å². The minimum absolute atomic E-state index is 0.0534. The predicted molar refractivity (Wildman–Crippen MR) is 46.9 cm³/mol. The summed E-state index contributed by atoms with van der Waals surface area (Å²) in [6.07, 6.45) is 0.0534. The van der Waals surface area contributed by atoms with Crippen LogP contribution >= 0.6 is 0 Å². The maximum Gasteiger partial charge on any atom is 0.335 e. The molecule has 1 heterocycles. The van der Waals surface area contributed by atoms with E-state index in [2.05, 4.69) is 0 Å². The third-order valence-corrected chi connectivity index (χ3v) is 2.21. The number of aromatic carboxylic acids is 1. The summed E-state index contributed by atoms with van der Waals surface area (Å²) in [7, 11) is 0. The molecule has 0 radical (unpaired) electrons. The topological polar surface area (TPSA) is 63.6 Å². The number of carboxylic acid groups (broad SMARTS) is 1. The maximum absolute atomic E-state index is 11.0. The van der Waals surface area contributed by atoms with E-state index in [0.717, 1.165) is 5.56 Å². The van der Waals surface area contributed by atoms with Gasteiger partial charge in [-0.05, 0) is 17.2 Å². The lowest BCUT2D eigenvalue weighted by molar-refractivity contribution is -0.145. The van der Waals surface area contributed by atoms with Gasteiger partial charge in [0.05, 0.1) is 12.0 Å². The van der Waals surface area contributed by atoms with E-state index in [9.17, 15) is 9.59 Å². The molecule has 1 aliphatic heterocycles. The normalized spacial score (nSPS) is 14.4. The predicted octanol–water partition coefficient (Wildman–Crippen LogP) is 0.984. The number of cyclic esters (lactones) is 1. The lowest BCUT2D eigenvalue weighted by Gasteiger charge is -2.17. The van der Waals surface area contributed by atoms with Crippen molar-refractivity contribution in [2.75, 3.05) is 0 Å². The first-order valence-corrected chi connectivity index (χ1v) is 4.18. The summed E-state index contributed by atoms with van der Waals surface area (Å²) < 4.78 is 4.81. The Balaban J connectivity index is 2.54. The Morgan fingerprint density at radius 1 is 1.43 bits per heavy atom. The zero-order valence-corrected chi connectivity index (χ0v) is 7.32. The fourth-order valence-corrected chi connectivity index (χ4v) is 1.53. The van der Waals surface area contributed by atoms with Gasteiger partial charge in [0.2, 0.25) is 0 Å². The fourth-order valence-electron chi connectivity index (χ4n) is 1.53. The molecule has 0 spiro atoms. The quantitative estimate of drug-likeness (QED) is 0.674. The van der Waals surface area contributed by atoms with E-state index in [1.807, 2.05) is 0 Å². The third kappa shape index (κ3) is 1.35. The molecular formula is C10H8O4. The highest BCUT2D eigenvalue weighted by Crippen LogP contribution is 2.21. The minimum atomic E-state index is -1.00. The number of fused-ring (bicyclic) bond motifs is 1. The molecule has 0 unspecified atom stereocenters. The molecule has 4 nitrogen and oxygen atoms in total. The Hall–Kier alpha value is -1.84. The van der Waals surface area contributed by atoms with Crippen molar-refractivity contribution >= 4 is 11.9 Å². The third-order valence-electron chi connectivity index (χ3n) is 2.21. The van der Waals surface area contributed by atoms with Gasteiger partial charge in [-0.2, -0.15) is 0 Å². The van der Waals surface area contributed by atoms with Gasteiger partial charge in [-0.1, -0.05) is 12.1 Å². The number of esters is 1. The molecule has 0 atom stereocenters. The first kappa shape index (κ1) is 8.74. The van der Waals surface area contributed by atoms with E-state index in [1.165, 1.54) is 6.07 Å². The molecule has 1 aromatic rings. The molecule has 1 N–H and O–H groups in total. The minimum Gasteiger partial charge on any atom is -0.478 e. The van der Waals surface area contributed by atoms with Crippen LogP contribution in [0.4, 0.5) is 0 Å². The van der Waals surface area contributed by atoms with Crippen molar-refractivity contribution in [1.29, 1.82) is 0 Å². The molecule has 0 amide bonds. The summed E-state index contributed by atoms with van der Waals surface area (Å²) in [6, 6.07) is 4.93. The van der Waals surface area contributed by atoms with Crippen molar-refractivity contribution < 1.29 is 19.4 Å². The monoisotopic (exact) mass is 192 g/mol. The summed E-state index contributed by atoms with van der Waals surface area (Å²) in [5, 5.41) is 8.87. The highest BCUT2D eigenvalue weighted by molar-refractivity contribution is 5.92. The number of carbonyl (C=O) groups is 2. The number of carbonyl (C=O) groups excluding carboxylic acids is 1. The summed E-state index contributed by atoms with van der Waals surface area (Å²) in [5.41, 5.74) is 1.56. The summed E-state index contributed by atoms with van der Waals surface area (Å²) >= 11 is 0. The Morgan fingerprint density at radius 3 is 2.93 bits per heavy atom. The number of ether oxygens (including phenoxy) is 1. The summed E-state index contributed by atoms with van der Waals surface area (Å²) in [4.78, 5) is 21.8. The van der Waals surface area contributed by atoms with E-state index in [0.29, 0.717) is 5.56 Å². The number of carboxylic acids is 1. The molecule has 1 aliphatic rings. The second-order valence-electron chi connectivity index (χ2n) is 3.09. The molecule has 72 valence electrons. The lowest BCUT2D eigenvalue weighted by Crippen LogP contribution is -2.19. The Bertz CT molecular complexity index is 409. The van der Waals surface area contributed by atoms with Gasteiger partial charge in [0.1, 0.15) is 6.61 Å². The van der Waals surface area contributed by atoms with Crippen molar-refractivity contribution in [2.24, 2.45) is 0 Å². The summed E-state index contributed by atoms with van der Waals surface area (Å²) in [6.45, 7) is 0.176. The van der Waals surface area contributed by atoms with Gasteiger partial charge in [0, 0.05) is 0 Å². The molecule has 4 heteroatoms. The highest BCUT2D eigenvalue weighted by atomic mass is 16.5. The lowest BCUT2D eigenvalue weighted by atomic mass is 9.97. The molecular weight excluding hydrogens is 184 g/mol. The van der Waals surface area contributed by atoms with Crippen molar-refractivity contribution in [2.45, 2.75) is 13.0 Å². The second kappa shape index (κ2) is 3.14. The molecule has 0 bridgehead atoms. The van der Waals surface area contributed by atoms with Crippen LogP contribution in [0.5, 0.6) is 0 Å². The molecule has 0 aromatic heterocycles. The largest absolute Gasteiger partial charge is 0.478 e. The standard InChI is InChI=1S/C10H8O4/c11-9-4-8-6(5-14-9)2-1-3-7(8)10(12)13/h1-3H,4-5H2,(H,12,13). The van der Waals surface area contributed by atoms with Crippen LogP contribution in [0.15, 0.2) is 18.2 Å². The average Bonchev–Trinajstić information content (AvgIpc) is 2.16. The van der Waals surface area contributed by atoms with Crippen LogP contribution in [0.2, 0.25) is 0 Å². The van der Waals surface area contributed by atoms with Crippen molar-refractivity contribution in [3.05, 3.63) is 34.9 Å². The van der Waals surface area contributed by atoms with Gasteiger partial charge in [-0.25, -0.2) is 4.79 Å². The van der Waals surface area contributed by atoms with Crippen LogP contribution in [0.3, 0.4) is 0 Å². The first-order valence-electron chi connectivity index (χ1n) is 4.18. The van der Waals surface area contributed by atoms with Crippen LogP contribution in [0.25, 0.3) is 0 Å². The number of hydrogen-bond donors (Lipinski definition) is 1. The number of hydrogen-bond acceptors (Lipinski definition) is 3. The highest BCUT2D eigenvalue weighted by Gasteiger charge is 2.21. The van der Waals surface area contributed by atoms with Gasteiger partial charge < -0.3 is 9.84 Å². The molecule has 2 rings (SSSR count). The van der Waals surface area contributed by atoms with E-state index in [1.54, 1.807) is 12.1 Å². The van der Waals surface area contributed by atoms with E-state index in [-0.39, 0.29) is 24.6 Å². The molecule has 0 saturated carbocycles. The molecule has 14 heavy (non-hydrogen) atoms. The van der Waals surface area contributed by atoms with Gasteiger partial charge in [0.25, 0.3) is 0 Å². The maximum atomic E-state index is 11.0. The fraction of sp³-hybridized carbons (Fsp3) is 0.200. The average molecular weight is 192 g/mol. The van der Waals surface area contributed by atoms with Crippen LogP contribution in [-0.4, -0.2) is 17.0 Å². The summed E-state index contributed by atoms with van der Waals surface area (Å²) in [5.74, 6) is -1.37. The van der Waals surface area contributed by atoms with Crippen LogP contribution in [0.1, 0.15) is 21.5 Å². The van der Waals surface area contributed by atoms with Gasteiger partial charge in [0.15, 0.2) is 0 Å². The smallest absolute Gasteiger partial charge is 0.335 e. The van der Waals surface area contributed by atoms with Crippen molar-refractivity contribution in [3.63, 3.8) is 0 Å². The second-order valence-corrected chi connectivity index (χ2v) is 3.09. The molecule has 0 fully saturated rings. The Labute approximate surface area is 80.1 Å². The molecule has 1 aromatic carbocycles. The Kier molecular flexibility index (Phi) is 1.96. The molecule has 0 aliphatic carbocycles. The SMILES string of the molecule is O=C1Cc2c(cccc2C(=O)O)CO1. The Morgan fingerprint density at radius 2 is 2.21 bits per heavy atom. The number of benzene rings is 1.